The SMILES string of the molecule is COc1ccc(CC(C)/C=C/c2ccc3c(c2)OCO3)cc1. The first-order valence-corrected chi connectivity index (χ1v) is 7.45. The average molecular weight is 296 g/mol. The van der Waals surface area contributed by atoms with E-state index in [1.165, 1.54) is 5.56 Å². The number of hydrogen-bond donors (Lipinski definition) is 0. The Balaban J connectivity index is 1.61. The second kappa shape index (κ2) is 6.56. The van der Waals surface area contributed by atoms with Crippen molar-refractivity contribution in [1.29, 1.82) is 0 Å². The molecule has 2 aromatic carbocycles. The predicted molar refractivity (Wildman–Crippen MR) is 87.5 cm³/mol. The van der Waals surface area contributed by atoms with Gasteiger partial charge in [-0.15, -0.1) is 0 Å². The molecule has 3 heteroatoms. The van der Waals surface area contributed by atoms with Crippen LogP contribution in [-0.2, 0) is 6.42 Å². The Hall–Kier alpha value is -2.42. The second-order valence-corrected chi connectivity index (χ2v) is 5.50. The van der Waals surface area contributed by atoms with Crippen LogP contribution in [0.4, 0.5) is 0 Å². The highest BCUT2D eigenvalue weighted by atomic mass is 16.7. The van der Waals surface area contributed by atoms with Crippen LogP contribution >= 0.6 is 0 Å². The monoisotopic (exact) mass is 296 g/mol. The summed E-state index contributed by atoms with van der Waals surface area (Å²) in [6.07, 6.45) is 5.36. The van der Waals surface area contributed by atoms with Gasteiger partial charge in [0.1, 0.15) is 5.75 Å². The molecule has 114 valence electrons. The summed E-state index contributed by atoms with van der Waals surface area (Å²) in [4.78, 5) is 0. The number of hydrogen-bond acceptors (Lipinski definition) is 3. The van der Waals surface area contributed by atoms with Crippen molar-refractivity contribution in [2.45, 2.75) is 13.3 Å². The summed E-state index contributed by atoms with van der Waals surface area (Å²) in [7, 11) is 1.69. The highest BCUT2D eigenvalue weighted by Gasteiger charge is 2.12. The molecular formula is C19H20O3. The van der Waals surface area contributed by atoms with Gasteiger partial charge >= 0.3 is 0 Å². The van der Waals surface area contributed by atoms with Gasteiger partial charge in [0.25, 0.3) is 0 Å². The minimum Gasteiger partial charge on any atom is -0.497 e. The molecule has 1 aliphatic rings. The fourth-order valence-corrected chi connectivity index (χ4v) is 2.49. The lowest BCUT2D eigenvalue weighted by molar-refractivity contribution is 0.174. The Labute approximate surface area is 131 Å². The fraction of sp³-hybridized carbons (Fsp3) is 0.263. The van der Waals surface area contributed by atoms with E-state index in [4.69, 9.17) is 14.2 Å². The van der Waals surface area contributed by atoms with Crippen molar-refractivity contribution in [3.8, 4) is 17.2 Å². The maximum atomic E-state index is 5.40. The number of ether oxygens (including phenoxy) is 3. The van der Waals surface area contributed by atoms with E-state index in [2.05, 4.69) is 31.2 Å². The largest absolute Gasteiger partial charge is 0.497 e. The standard InChI is InChI=1S/C19H20O3/c1-14(11-15-5-8-17(20-2)9-6-15)3-4-16-7-10-18-19(12-16)22-13-21-18/h3-10,12,14H,11,13H2,1-2H3/b4-3+. The Morgan fingerprint density at radius 3 is 2.64 bits per heavy atom. The van der Waals surface area contributed by atoms with Crippen molar-refractivity contribution < 1.29 is 14.2 Å². The summed E-state index contributed by atoms with van der Waals surface area (Å²) in [6.45, 7) is 2.53. The van der Waals surface area contributed by atoms with Crippen molar-refractivity contribution in [2.75, 3.05) is 13.9 Å². The van der Waals surface area contributed by atoms with Gasteiger partial charge in [0.2, 0.25) is 6.79 Å². The summed E-state index contributed by atoms with van der Waals surface area (Å²) in [6, 6.07) is 14.2. The molecule has 0 spiro atoms. The third-order valence-electron chi connectivity index (χ3n) is 3.73. The van der Waals surface area contributed by atoms with Gasteiger partial charge in [-0.1, -0.05) is 37.3 Å². The Morgan fingerprint density at radius 2 is 1.86 bits per heavy atom. The number of methoxy groups -OCH3 is 1. The van der Waals surface area contributed by atoms with Crippen molar-refractivity contribution in [3.05, 3.63) is 59.7 Å². The summed E-state index contributed by atoms with van der Waals surface area (Å²) in [5.74, 6) is 3.00. The zero-order chi connectivity index (χ0) is 15.4. The molecular weight excluding hydrogens is 276 g/mol. The van der Waals surface area contributed by atoms with E-state index in [1.807, 2.05) is 30.3 Å². The van der Waals surface area contributed by atoms with Crippen LogP contribution in [0.3, 0.4) is 0 Å². The molecule has 1 unspecified atom stereocenters. The third-order valence-corrected chi connectivity index (χ3v) is 3.73. The number of rotatable bonds is 5. The van der Waals surface area contributed by atoms with Gasteiger partial charge in [-0.3, -0.25) is 0 Å². The molecule has 0 N–H and O–H groups in total. The van der Waals surface area contributed by atoms with E-state index in [1.54, 1.807) is 7.11 Å². The van der Waals surface area contributed by atoms with Crippen molar-refractivity contribution >= 4 is 6.08 Å². The first kappa shape index (κ1) is 14.5. The van der Waals surface area contributed by atoms with Gasteiger partial charge in [0, 0.05) is 0 Å². The van der Waals surface area contributed by atoms with Crippen molar-refractivity contribution in [2.24, 2.45) is 5.92 Å². The van der Waals surface area contributed by atoms with Gasteiger partial charge in [-0.2, -0.15) is 0 Å². The van der Waals surface area contributed by atoms with E-state index >= 15 is 0 Å². The molecule has 0 amide bonds. The topological polar surface area (TPSA) is 27.7 Å². The summed E-state index contributed by atoms with van der Waals surface area (Å²) < 4.78 is 15.9. The number of allylic oxidation sites excluding steroid dienone is 1. The van der Waals surface area contributed by atoms with Crippen LogP contribution in [0.15, 0.2) is 48.5 Å². The summed E-state index contributed by atoms with van der Waals surface area (Å²) in [5.41, 5.74) is 2.44. The molecule has 0 bridgehead atoms. The lowest BCUT2D eigenvalue weighted by atomic mass is 10.00. The van der Waals surface area contributed by atoms with Gasteiger partial charge in [0.15, 0.2) is 11.5 Å². The molecule has 1 aliphatic heterocycles. The summed E-state index contributed by atoms with van der Waals surface area (Å²) >= 11 is 0. The molecule has 3 rings (SSSR count). The molecule has 1 heterocycles. The average Bonchev–Trinajstić information content (AvgIpc) is 3.01. The Morgan fingerprint density at radius 1 is 1.09 bits per heavy atom. The third kappa shape index (κ3) is 3.42. The minimum absolute atomic E-state index is 0.316. The smallest absolute Gasteiger partial charge is 0.231 e. The molecule has 1 atom stereocenters. The normalized spacial score (nSPS) is 14.3. The van der Waals surface area contributed by atoms with Gasteiger partial charge in [-0.25, -0.2) is 0 Å². The van der Waals surface area contributed by atoms with Crippen LogP contribution in [0, 0.1) is 5.92 Å². The van der Waals surface area contributed by atoms with Crippen LogP contribution in [0.5, 0.6) is 17.2 Å². The van der Waals surface area contributed by atoms with Crippen LogP contribution in [0.2, 0.25) is 0 Å². The van der Waals surface area contributed by atoms with Crippen molar-refractivity contribution in [1.82, 2.24) is 0 Å². The Bertz CT molecular complexity index is 659. The molecule has 3 nitrogen and oxygen atoms in total. The van der Waals surface area contributed by atoms with Gasteiger partial charge < -0.3 is 14.2 Å². The zero-order valence-electron chi connectivity index (χ0n) is 12.9. The van der Waals surface area contributed by atoms with Gasteiger partial charge in [0.05, 0.1) is 7.11 Å². The second-order valence-electron chi connectivity index (χ2n) is 5.50. The molecule has 0 radical (unpaired) electrons. The molecule has 0 saturated heterocycles. The molecule has 22 heavy (non-hydrogen) atoms. The quantitative estimate of drug-likeness (QED) is 0.822. The van der Waals surface area contributed by atoms with E-state index in [9.17, 15) is 0 Å². The minimum atomic E-state index is 0.316. The lowest BCUT2D eigenvalue weighted by Gasteiger charge is -2.07. The number of fused-ring (bicyclic) bond motifs is 1. The van der Waals surface area contributed by atoms with E-state index in [-0.39, 0.29) is 0 Å². The van der Waals surface area contributed by atoms with E-state index in [0.29, 0.717) is 12.7 Å². The Kier molecular flexibility index (Phi) is 4.33. The first-order valence-electron chi connectivity index (χ1n) is 7.45. The molecule has 0 aliphatic carbocycles. The van der Waals surface area contributed by atoms with Crippen LogP contribution in [0.1, 0.15) is 18.1 Å². The predicted octanol–water partition coefficient (Wildman–Crippen LogP) is 4.32. The molecule has 2 aromatic rings. The molecule has 0 saturated carbocycles. The molecule has 0 fully saturated rings. The van der Waals surface area contributed by atoms with Crippen LogP contribution in [-0.4, -0.2) is 13.9 Å². The van der Waals surface area contributed by atoms with Gasteiger partial charge in [-0.05, 0) is 47.7 Å². The van der Waals surface area contributed by atoms with Crippen molar-refractivity contribution in [3.63, 3.8) is 0 Å². The highest BCUT2D eigenvalue weighted by Crippen LogP contribution is 2.32. The van der Waals surface area contributed by atoms with E-state index in [0.717, 1.165) is 29.2 Å². The lowest BCUT2D eigenvalue weighted by Crippen LogP contribution is -1.96. The van der Waals surface area contributed by atoms with E-state index < -0.39 is 0 Å². The van der Waals surface area contributed by atoms with Crippen LogP contribution in [0.25, 0.3) is 6.08 Å². The maximum Gasteiger partial charge on any atom is 0.231 e. The van der Waals surface area contributed by atoms with Crippen LogP contribution < -0.4 is 14.2 Å². The molecule has 0 aromatic heterocycles. The highest BCUT2D eigenvalue weighted by molar-refractivity contribution is 5.56. The maximum absolute atomic E-state index is 5.40. The number of benzene rings is 2. The first-order chi connectivity index (χ1) is 10.7. The summed E-state index contributed by atoms with van der Waals surface area (Å²) in [5, 5.41) is 0. The zero-order valence-corrected chi connectivity index (χ0v) is 12.9. The fourth-order valence-electron chi connectivity index (χ4n) is 2.49.